The van der Waals surface area contributed by atoms with Crippen molar-refractivity contribution in [3.05, 3.63) is 57.6 Å². The number of nitrogens with zero attached hydrogens (tertiary/aromatic N) is 2. The third-order valence-corrected chi connectivity index (χ3v) is 7.17. The normalized spacial score (nSPS) is 28.3. The number of hydrogen-bond donors (Lipinski definition) is 1. The standard InChI is InChI=1S/C23H25N3O6/c1-30-17-11-13(12-18(31-2)20(17)32-3)19-16-9-6-10-25(16)23(21(19)26(28)29)14-7-4-5-8-15(14)24-22(23)27/h4-5,7-8,11-12,16,19,21H,6,9-10H2,1-3H3,(H,24,27)/t16-,19+,21+,23+/m0/s1. The van der Waals surface area contributed by atoms with E-state index in [4.69, 9.17) is 14.2 Å². The highest BCUT2D eigenvalue weighted by molar-refractivity contribution is 6.07. The summed E-state index contributed by atoms with van der Waals surface area (Å²) in [6, 6.07) is 9.51. The van der Waals surface area contributed by atoms with E-state index in [1.807, 2.05) is 18.2 Å². The summed E-state index contributed by atoms with van der Waals surface area (Å²) in [6.07, 6.45) is 1.64. The summed E-state index contributed by atoms with van der Waals surface area (Å²) >= 11 is 0. The molecule has 1 spiro atoms. The molecule has 1 N–H and O–H groups in total. The number of rotatable bonds is 5. The van der Waals surface area contributed by atoms with Crippen LogP contribution in [0.1, 0.15) is 29.9 Å². The monoisotopic (exact) mass is 439 g/mol. The predicted octanol–water partition coefficient (Wildman–Crippen LogP) is 2.77. The molecule has 3 aliphatic rings. The first kappa shape index (κ1) is 20.6. The molecule has 3 heterocycles. The van der Waals surface area contributed by atoms with Gasteiger partial charge in [0.2, 0.25) is 5.75 Å². The van der Waals surface area contributed by atoms with E-state index in [0.717, 1.165) is 12.8 Å². The van der Waals surface area contributed by atoms with Crippen LogP contribution in [0, 0.1) is 10.1 Å². The number of methoxy groups -OCH3 is 3. The third kappa shape index (κ3) is 2.51. The number of carbonyl (C=O) groups excluding carboxylic acids is 1. The first-order valence-electron chi connectivity index (χ1n) is 10.6. The Kier molecular flexibility index (Phi) is 4.74. The minimum absolute atomic E-state index is 0.162. The van der Waals surface area contributed by atoms with E-state index in [1.165, 1.54) is 21.3 Å². The van der Waals surface area contributed by atoms with Gasteiger partial charge in [0.25, 0.3) is 11.9 Å². The molecule has 0 unspecified atom stereocenters. The molecular weight excluding hydrogens is 414 g/mol. The van der Waals surface area contributed by atoms with Crippen molar-refractivity contribution in [2.75, 3.05) is 33.2 Å². The summed E-state index contributed by atoms with van der Waals surface area (Å²) in [7, 11) is 4.55. The number of nitrogens with one attached hydrogen (secondary N) is 1. The van der Waals surface area contributed by atoms with Crippen molar-refractivity contribution in [1.29, 1.82) is 0 Å². The number of anilines is 1. The summed E-state index contributed by atoms with van der Waals surface area (Å²) in [5.74, 6) is 0.438. The van der Waals surface area contributed by atoms with Crippen LogP contribution in [0.15, 0.2) is 36.4 Å². The molecule has 3 aliphatic heterocycles. The molecular formula is C23H25N3O6. The fraction of sp³-hybridized carbons (Fsp3) is 0.435. The molecule has 0 aromatic heterocycles. The van der Waals surface area contributed by atoms with E-state index in [2.05, 4.69) is 10.2 Å². The molecule has 32 heavy (non-hydrogen) atoms. The number of hydrogen-bond acceptors (Lipinski definition) is 7. The van der Waals surface area contributed by atoms with Crippen LogP contribution < -0.4 is 19.5 Å². The van der Waals surface area contributed by atoms with E-state index < -0.39 is 17.5 Å². The topological polar surface area (TPSA) is 103 Å². The number of fused-ring (bicyclic) bond motifs is 4. The Morgan fingerprint density at radius 2 is 1.81 bits per heavy atom. The van der Waals surface area contributed by atoms with Crippen LogP contribution in [0.2, 0.25) is 0 Å². The molecule has 5 rings (SSSR count). The first-order valence-corrected chi connectivity index (χ1v) is 10.6. The highest BCUT2D eigenvalue weighted by Crippen LogP contribution is 2.58. The molecule has 0 radical (unpaired) electrons. The van der Waals surface area contributed by atoms with Gasteiger partial charge in [0.1, 0.15) is 0 Å². The summed E-state index contributed by atoms with van der Waals surface area (Å²) in [4.78, 5) is 28.0. The molecule has 9 heteroatoms. The number of nitro groups is 1. The van der Waals surface area contributed by atoms with E-state index in [9.17, 15) is 14.9 Å². The second-order valence-corrected chi connectivity index (χ2v) is 8.38. The number of para-hydroxylation sites is 1. The van der Waals surface area contributed by atoms with Crippen molar-refractivity contribution in [3.8, 4) is 17.2 Å². The lowest BCUT2D eigenvalue weighted by Gasteiger charge is -2.32. The van der Waals surface area contributed by atoms with Crippen LogP contribution >= 0.6 is 0 Å². The summed E-state index contributed by atoms with van der Waals surface area (Å²) in [6.45, 7) is 0.623. The van der Waals surface area contributed by atoms with E-state index in [1.54, 1.807) is 18.2 Å². The third-order valence-electron chi connectivity index (χ3n) is 7.17. The Morgan fingerprint density at radius 3 is 2.44 bits per heavy atom. The van der Waals surface area contributed by atoms with Crippen molar-refractivity contribution >= 4 is 11.6 Å². The molecule has 0 saturated carbocycles. The zero-order valence-corrected chi connectivity index (χ0v) is 18.2. The summed E-state index contributed by atoms with van der Waals surface area (Å²) < 4.78 is 16.5. The molecule has 1 amide bonds. The van der Waals surface area contributed by atoms with Gasteiger partial charge in [-0.25, -0.2) is 0 Å². The van der Waals surface area contributed by atoms with Gasteiger partial charge >= 0.3 is 0 Å². The lowest BCUT2D eigenvalue weighted by atomic mass is 9.77. The van der Waals surface area contributed by atoms with Crippen molar-refractivity contribution in [2.45, 2.75) is 36.4 Å². The van der Waals surface area contributed by atoms with Gasteiger partial charge in [0.05, 0.1) is 27.2 Å². The molecule has 168 valence electrons. The SMILES string of the molecule is COc1cc([C@@H]2[C@@H]3CCCN3[C@@]3(C(=O)Nc4ccccc43)[C@@H]2[N+](=O)[O-])cc(OC)c1OC. The average molecular weight is 439 g/mol. The van der Waals surface area contributed by atoms with E-state index in [0.29, 0.717) is 40.6 Å². The van der Waals surface area contributed by atoms with Crippen molar-refractivity contribution in [1.82, 2.24) is 4.90 Å². The molecule has 2 saturated heterocycles. The highest BCUT2D eigenvalue weighted by atomic mass is 16.6. The van der Waals surface area contributed by atoms with Crippen molar-refractivity contribution < 1.29 is 23.9 Å². The van der Waals surface area contributed by atoms with Crippen LogP contribution in [-0.4, -0.2) is 55.7 Å². The van der Waals surface area contributed by atoms with E-state index >= 15 is 0 Å². The van der Waals surface area contributed by atoms with Crippen molar-refractivity contribution in [3.63, 3.8) is 0 Å². The average Bonchev–Trinajstić information content (AvgIpc) is 3.46. The van der Waals surface area contributed by atoms with Gasteiger partial charge in [0.15, 0.2) is 17.0 Å². The lowest BCUT2D eigenvalue weighted by Crippen LogP contribution is -2.55. The fourth-order valence-corrected chi connectivity index (χ4v) is 6.07. The van der Waals surface area contributed by atoms with Crippen LogP contribution in [-0.2, 0) is 10.3 Å². The van der Waals surface area contributed by atoms with Gasteiger partial charge in [-0.2, -0.15) is 0 Å². The second-order valence-electron chi connectivity index (χ2n) is 8.38. The van der Waals surface area contributed by atoms with Crippen LogP contribution in [0.5, 0.6) is 17.2 Å². The summed E-state index contributed by atoms with van der Waals surface area (Å²) in [5, 5.41) is 15.6. The maximum absolute atomic E-state index is 13.5. The highest BCUT2D eigenvalue weighted by Gasteiger charge is 2.73. The van der Waals surface area contributed by atoms with Gasteiger partial charge in [-0.3, -0.25) is 19.8 Å². The quantitative estimate of drug-likeness (QED) is 0.564. The number of benzene rings is 2. The second kappa shape index (κ2) is 7.37. The molecule has 2 fully saturated rings. The summed E-state index contributed by atoms with van der Waals surface area (Å²) in [5.41, 5.74) is 0.660. The number of amides is 1. The Hall–Kier alpha value is -3.33. The largest absolute Gasteiger partial charge is 0.493 e. The fourth-order valence-electron chi connectivity index (χ4n) is 6.07. The molecule has 9 nitrogen and oxygen atoms in total. The first-order chi connectivity index (χ1) is 15.5. The van der Waals surface area contributed by atoms with Crippen molar-refractivity contribution in [2.24, 2.45) is 0 Å². The number of ether oxygens (including phenoxy) is 3. The molecule has 0 aliphatic carbocycles. The Labute approximate surface area is 185 Å². The maximum Gasteiger partial charge on any atom is 0.256 e. The lowest BCUT2D eigenvalue weighted by molar-refractivity contribution is -0.534. The van der Waals surface area contributed by atoms with Crippen LogP contribution in [0.25, 0.3) is 0 Å². The Bertz CT molecular complexity index is 1080. The molecule has 2 aromatic carbocycles. The van der Waals surface area contributed by atoms with Gasteiger partial charge in [0, 0.05) is 28.8 Å². The molecule has 4 atom stereocenters. The Balaban J connectivity index is 1.75. The maximum atomic E-state index is 13.5. The minimum Gasteiger partial charge on any atom is -0.493 e. The smallest absolute Gasteiger partial charge is 0.256 e. The molecule has 0 bridgehead atoms. The number of carbonyl (C=O) groups is 1. The molecule has 2 aromatic rings. The van der Waals surface area contributed by atoms with E-state index in [-0.39, 0.29) is 16.9 Å². The van der Waals surface area contributed by atoms with Gasteiger partial charge in [-0.15, -0.1) is 0 Å². The minimum atomic E-state index is -1.35. The zero-order valence-electron chi connectivity index (χ0n) is 18.2. The predicted molar refractivity (Wildman–Crippen MR) is 116 cm³/mol. The van der Waals surface area contributed by atoms with Gasteiger partial charge in [-0.05, 0) is 36.6 Å². The Morgan fingerprint density at radius 1 is 1.12 bits per heavy atom. The van der Waals surface area contributed by atoms with Crippen LogP contribution in [0.3, 0.4) is 0 Å². The van der Waals surface area contributed by atoms with Gasteiger partial charge in [-0.1, -0.05) is 18.2 Å². The zero-order chi connectivity index (χ0) is 22.6. The van der Waals surface area contributed by atoms with Gasteiger partial charge < -0.3 is 19.5 Å². The van der Waals surface area contributed by atoms with Crippen LogP contribution in [0.4, 0.5) is 5.69 Å².